The maximum atomic E-state index is 13.0. The number of nitrogens with one attached hydrogen (secondary N) is 1. The first-order valence-corrected chi connectivity index (χ1v) is 11.2. The minimum atomic E-state index is -0.0990. The Kier molecular flexibility index (Phi) is 6.56. The summed E-state index contributed by atoms with van der Waals surface area (Å²) in [4.78, 5) is 29.8. The molecule has 164 valence electrons. The van der Waals surface area contributed by atoms with E-state index in [9.17, 15) is 14.7 Å². The van der Waals surface area contributed by atoms with Crippen LogP contribution in [0, 0.1) is 12.8 Å². The Morgan fingerprint density at radius 3 is 2.35 bits per heavy atom. The highest BCUT2D eigenvalue weighted by Crippen LogP contribution is 2.29. The fraction of sp³-hybridized carbons (Fsp3) is 0.440. The number of hydrogen-bond acceptors (Lipinski definition) is 4. The van der Waals surface area contributed by atoms with E-state index >= 15 is 0 Å². The van der Waals surface area contributed by atoms with Crippen molar-refractivity contribution in [2.75, 3.05) is 25.0 Å². The molecule has 1 heterocycles. The van der Waals surface area contributed by atoms with Crippen LogP contribution in [0.1, 0.15) is 36.8 Å². The van der Waals surface area contributed by atoms with E-state index in [0.717, 1.165) is 25.9 Å². The summed E-state index contributed by atoms with van der Waals surface area (Å²) in [6.45, 7) is 4.61. The fourth-order valence-electron chi connectivity index (χ4n) is 4.15. The van der Waals surface area contributed by atoms with Crippen LogP contribution in [-0.4, -0.2) is 52.4 Å². The normalized spacial score (nSPS) is 17.3. The number of anilines is 1. The first kappa shape index (κ1) is 21.4. The summed E-state index contributed by atoms with van der Waals surface area (Å²) in [5.74, 6) is 0.0947. The average molecular weight is 422 g/mol. The maximum absolute atomic E-state index is 13.0. The number of amides is 2. The third-order valence-corrected chi connectivity index (χ3v) is 6.26. The number of phenols is 1. The lowest BCUT2D eigenvalue weighted by atomic mass is 9.95. The molecule has 6 heteroatoms. The van der Waals surface area contributed by atoms with Crippen molar-refractivity contribution in [3.05, 3.63) is 59.7 Å². The van der Waals surface area contributed by atoms with Crippen molar-refractivity contribution < 1.29 is 14.7 Å². The standard InChI is InChI=1S/C25H31N3O3/c1-18-6-8-19(9-7-18)16-28(21-10-11-21)24(30)17-27-14-12-20(13-15-27)25(31)26-22-4-2-3-5-23(22)29/h2-9,20-21,29H,10-17H2,1H3,(H,26,31). The van der Waals surface area contributed by atoms with Gasteiger partial charge in [0.1, 0.15) is 5.75 Å². The van der Waals surface area contributed by atoms with Gasteiger partial charge in [0.2, 0.25) is 11.8 Å². The number of aromatic hydroxyl groups is 1. The van der Waals surface area contributed by atoms with E-state index in [1.54, 1.807) is 24.3 Å². The lowest BCUT2D eigenvalue weighted by Gasteiger charge is -2.33. The summed E-state index contributed by atoms with van der Waals surface area (Å²) in [6.07, 6.45) is 3.61. The van der Waals surface area contributed by atoms with Gasteiger partial charge in [-0.05, 0) is 63.4 Å². The number of phenolic OH excluding ortho intramolecular Hbond substituents is 1. The molecule has 2 fully saturated rings. The molecule has 0 unspecified atom stereocenters. The average Bonchev–Trinajstić information content (AvgIpc) is 3.60. The molecule has 1 aliphatic carbocycles. The van der Waals surface area contributed by atoms with Crippen molar-refractivity contribution in [2.45, 2.75) is 45.2 Å². The third kappa shape index (κ3) is 5.64. The van der Waals surface area contributed by atoms with Crippen LogP contribution in [-0.2, 0) is 16.1 Å². The Balaban J connectivity index is 1.27. The van der Waals surface area contributed by atoms with Crippen molar-refractivity contribution >= 4 is 17.5 Å². The van der Waals surface area contributed by atoms with Crippen molar-refractivity contribution in [1.29, 1.82) is 0 Å². The summed E-state index contributed by atoms with van der Waals surface area (Å²) in [5.41, 5.74) is 2.84. The zero-order valence-corrected chi connectivity index (χ0v) is 18.1. The van der Waals surface area contributed by atoms with Crippen LogP contribution in [0.2, 0.25) is 0 Å². The zero-order chi connectivity index (χ0) is 21.8. The van der Waals surface area contributed by atoms with Gasteiger partial charge in [-0.25, -0.2) is 0 Å². The van der Waals surface area contributed by atoms with E-state index in [0.29, 0.717) is 37.7 Å². The SMILES string of the molecule is Cc1ccc(CN(C(=O)CN2CCC(C(=O)Nc3ccccc3O)CC2)C2CC2)cc1. The number of nitrogens with zero attached hydrogens (tertiary/aromatic N) is 2. The van der Waals surface area contributed by atoms with Gasteiger partial charge in [-0.15, -0.1) is 0 Å². The second-order valence-electron chi connectivity index (χ2n) is 8.80. The molecule has 1 saturated heterocycles. The van der Waals surface area contributed by atoms with Crippen molar-refractivity contribution in [2.24, 2.45) is 5.92 Å². The summed E-state index contributed by atoms with van der Waals surface area (Å²) in [6, 6.07) is 15.5. The molecule has 1 aliphatic heterocycles. The lowest BCUT2D eigenvalue weighted by molar-refractivity contribution is -0.134. The Bertz CT molecular complexity index is 916. The molecule has 0 aromatic heterocycles. The molecule has 0 bridgehead atoms. The van der Waals surface area contributed by atoms with Gasteiger partial charge in [-0.1, -0.05) is 42.0 Å². The predicted molar refractivity (Wildman–Crippen MR) is 121 cm³/mol. The Labute approximate surface area is 183 Å². The Morgan fingerprint density at radius 2 is 1.71 bits per heavy atom. The van der Waals surface area contributed by atoms with Gasteiger partial charge >= 0.3 is 0 Å². The van der Waals surface area contributed by atoms with Crippen molar-refractivity contribution in [1.82, 2.24) is 9.80 Å². The van der Waals surface area contributed by atoms with Gasteiger partial charge in [-0.2, -0.15) is 0 Å². The number of carbonyl (C=O) groups excluding carboxylic acids is 2. The van der Waals surface area contributed by atoms with Gasteiger partial charge in [0.15, 0.2) is 0 Å². The van der Waals surface area contributed by atoms with Gasteiger partial charge in [0.05, 0.1) is 12.2 Å². The van der Waals surface area contributed by atoms with E-state index in [1.807, 2.05) is 4.90 Å². The number of rotatable bonds is 7. The molecule has 31 heavy (non-hydrogen) atoms. The van der Waals surface area contributed by atoms with Gasteiger partial charge in [0.25, 0.3) is 0 Å². The van der Waals surface area contributed by atoms with Crippen LogP contribution >= 0.6 is 0 Å². The molecule has 2 amide bonds. The molecular weight excluding hydrogens is 390 g/mol. The highest BCUT2D eigenvalue weighted by molar-refractivity contribution is 5.94. The molecule has 2 N–H and O–H groups in total. The third-order valence-electron chi connectivity index (χ3n) is 6.26. The monoisotopic (exact) mass is 421 g/mol. The van der Waals surface area contributed by atoms with Crippen molar-refractivity contribution in [3.8, 4) is 5.75 Å². The van der Waals surface area contributed by atoms with Crippen LogP contribution in [0.15, 0.2) is 48.5 Å². The van der Waals surface area contributed by atoms with Crippen LogP contribution in [0.3, 0.4) is 0 Å². The largest absolute Gasteiger partial charge is 0.506 e. The van der Waals surface area contributed by atoms with Crippen LogP contribution in [0.4, 0.5) is 5.69 Å². The number of piperidine rings is 1. The molecule has 2 aliphatic rings. The highest BCUT2D eigenvalue weighted by Gasteiger charge is 2.34. The summed E-state index contributed by atoms with van der Waals surface area (Å²) >= 11 is 0. The molecule has 4 rings (SSSR count). The van der Waals surface area contributed by atoms with Gasteiger partial charge < -0.3 is 15.3 Å². The number of benzene rings is 2. The minimum Gasteiger partial charge on any atom is -0.506 e. The molecule has 0 spiro atoms. The first-order chi connectivity index (χ1) is 15.0. The quantitative estimate of drug-likeness (QED) is 0.671. The molecule has 0 atom stereocenters. The van der Waals surface area contributed by atoms with E-state index in [4.69, 9.17) is 0 Å². The van der Waals surface area contributed by atoms with Crippen LogP contribution in [0.5, 0.6) is 5.75 Å². The molecule has 6 nitrogen and oxygen atoms in total. The Morgan fingerprint density at radius 1 is 1.03 bits per heavy atom. The number of aryl methyl sites for hydroxylation is 1. The number of likely N-dealkylation sites (tertiary alicyclic amines) is 1. The minimum absolute atomic E-state index is 0.0635. The maximum Gasteiger partial charge on any atom is 0.237 e. The van der Waals surface area contributed by atoms with E-state index < -0.39 is 0 Å². The number of carbonyl (C=O) groups is 2. The Hall–Kier alpha value is -2.86. The molecule has 1 saturated carbocycles. The second-order valence-corrected chi connectivity index (χ2v) is 8.80. The van der Waals surface area contributed by atoms with Crippen LogP contribution < -0.4 is 5.32 Å². The van der Waals surface area contributed by atoms with Crippen molar-refractivity contribution in [3.63, 3.8) is 0 Å². The van der Waals surface area contributed by atoms with Gasteiger partial charge in [-0.3, -0.25) is 14.5 Å². The topological polar surface area (TPSA) is 72.9 Å². The van der Waals surface area contributed by atoms with E-state index in [-0.39, 0.29) is 23.5 Å². The molecule has 0 radical (unpaired) electrons. The summed E-state index contributed by atoms with van der Waals surface area (Å²) in [7, 11) is 0. The fourth-order valence-corrected chi connectivity index (χ4v) is 4.15. The zero-order valence-electron chi connectivity index (χ0n) is 18.1. The smallest absolute Gasteiger partial charge is 0.237 e. The molecule has 2 aromatic rings. The predicted octanol–water partition coefficient (Wildman–Crippen LogP) is 3.54. The second kappa shape index (κ2) is 9.52. The van der Waals surface area contributed by atoms with Crippen LogP contribution in [0.25, 0.3) is 0 Å². The summed E-state index contributed by atoms with van der Waals surface area (Å²) in [5, 5.41) is 12.7. The molecular formula is C25H31N3O3. The summed E-state index contributed by atoms with van der Waals surface area (Å²) < 4.78 is 0. The lowest BCUT2D eigenvalue weighted by Crippen LogP contribution is -2.45. The number of hydrogen-bond donors (Lipinski definition) is 2. The van der Waals surface area contributed by atoms with E-state index in [2.05, 4.69) is 41.4 Å². The van der Waals surface area contributed by atoms with E-state index in [1.165, 1.54) is 11.1 Å². The first-order valence-electron chi connectivity index (χ1n) is 11.2. The number of para-hydroxylation sites is 2. The van der Waals surface area contributed by atoms with Gasteiger partial charge in [0, 0.05) is 18.5 Å². The highest BCUT2D eigenvalue weighted by atomic mass is 16.3. The molecule has 2 aromatic carbocycles.